The first-order chi connectivity index (χ1) is 11.8. The maximum atomic E-state index is 11.7. The maximum Gasteiger partial charge on any atom is 0.246 e. The van der Waals surface area contributed by atoms with Gasteiger partial charge in [0.25, 0.3) is 0 Å². The summed E-state index contributed by atoms with van der Waals surface area (Å²) in [6, 6.07) is 10.2. The predicted octanol–water partition coefficient (Wildman–Crippen LogP) is 1.70. The minimum absolute atomic E-state index is 0.0819. The van der Waals surface area contributed by atoms with Gasteiger partial charge in [0.1, 0.15) is 12.7 Å². The fourth-order valence-corrected chi connectivity index (χ4v) is 2.79. The third kappa shape index (κ3) is 4.21. The minimum atomic E-state index is -0.198. The molecule has 1 atom stereocenters. The number of carbonyl (C=O) groups is 1. The summed E-state index contributed by atoms with van der Waals surface area (Å²) in [5.41, 5.74) is 3.33. The Balaban J connectivity index is 1.63. The molecule has 1 aromatic carbocycles. The molecule has 0 saturated carbocycles. The average Bonchev–Trinajstić information content (AvgIpc) is 3.02. The molecule has 2 aromatic rings. The van der Waals surface area contributed by atoms with E-state index < -0.39 is 0 Å². The molecule has 2 heterocycles. The van der Waals surface area contributed by atoms with Crippen molar-refractivity contribution in [2.75, 3.05) is 26.4 Å². The first-order valence-corrected chi connectivity index (χ1v) is 8.32. The SMILES string of the molecule is CCOCC(=O)NC[C@@H]1OCCc2cn(Cc3ccccc3)nc21. The van der Waals surface area contributed by atoms with E-state index in [0.717, 1.165) is 18.7 Å². The van der Waals surface area contributed by atoms with Gasteiger partial charge in [0.05, 0.1) is 18.8 Å². The van der Waals surface area contributed by atoms with Crippen LogP contribution in [-0.4, -0.2) is 42.1 Å². The van der Waals surface area contributed by atoms with Crippen LogP contribution in [0.25, 0.3) is 0 Å². The highest BCUT2D eigenvalue weighted by Gasteiger charge is 2.25. The van der Waals surface area contributed by atoms with Crippen molar-refractivity contribution >= 4 is 5.91 Å². The van der Waals surface area contributed by atoms with Gasteiger partial charge in [0, 0.05) is 19.3 Å². The Morgan fingerprint density at radius 2 is 2.25 bits per heavy atom. The first-order valence-electron chi connectivity index (χ1n) is 8.32. The van der Waals surface area contributed by atoms with Gasteiger partial charge in [-0.1, -0.05) is 30.3 Å². The molecule has 0 unspecified atom stereocenters. The monoisotopic (exact) mass is 329 g/mol. The zero-order chi connectivity index (χ0) is 16.8. The first kappa shape index (κ1) is 16.7. The molecule has 6 heteroatoms. The lowest BCUT2D eigenvalue weighted by Gasteiger charge is -2.22. The van der Waals surface area contributed by atoms with Crippen LogP contribution < -0.4 is 5.32 Å². The van der Waals surface area contributed by atoms with Crippen molar-refractivity contribution in [2.24, 2.45) is 0 Å². The highest BCUT2D eigenvalue weighted by Crippen LogP contribution is 2.25. The molecule has 6 nitrogen and oxygen atoms in total. The van der Waals surface area contributed by atoms with Crippen molar-refractivity contribution in [2.45, 2.75) is 26.0 Å². The molecule has 0 saturated heterocycles. The lowest BCUT2D eigenvalue weighted by Crippen LogP contribution is -2.34. The molecule has 0 fully saturated rings. The molecule has 1 amide bonds. The largest absolute Gasteiger partial charge is 0.372 e. The van der Waals surface area contributed by atoms with Gasteiger partial charge in [0.15, 0.2) is 0 Å². The van der Waals surface area contributed by atoms with Gasteiger partial charge >= 0.3 is 0 Å². The van der Waals surface area contributed by atoms with Gasteiger partial charge in [-0.2, -0.15) is 5.10 Å². The van der Waals surface area contributed by atoms with E-state index >= 15 is 0 Å². The van der Waals surface area contributed by atoms with Gasteiger partial charge in [-0.05, 0) is 24.5 Å². The van der Waals surface area contributed by atoms with Crippen LogP contribution in [0.5, 0.6) is 0 Å². The molecule has 3 rings (SSSR count). The summed E-state index contributed by atoms with van der Waals surface area (Å²) in [5, 5.41) is 7.53. The number of amides is 1. The minimum Gasteiger partial charge on any atom is -0.372 e. The summed E-state index contributed by atoms with van der Waals surface area (Å²) in [6.45, 7) is 4.28. The third-order valence-corrected chi connectivity index (χ3v) is 3.97. The zero-order valence-corrected chi connectivity index (χ0v) is 13.9. The topological polar surface area (TPSA) is 65.4 Å². The lowest BCUT2D eigenvalue weighted by molar-refractivity contribution is -0.126. The second-order valence-corrected chi connectivity index (χ2v) is 5.77. The quantitative estimate of drug-likeness (QED) is 0.840. The molecule has 0 bridgehead atoms. The summed E-state index contributed by atoms with van der Waals surface area (Å²) in [5.74, 6) is -0.128. The van der Waals surface area contributed by atoms with Crippen molar-refractivity contribution in [3.05, 3.63) is 53.3 Å². The van der Waals surface area contributed by atoms with Crippen molar-refractivity contribution in [1.29, 1.82) is 0 Å². The fourth-order valence-electron chi connectivity index (χ4n) is 2.79. The number of nitrogens with zero attached hydrogens (tertiary/aromatic N) is 2. The lowest BCUT2D eigenvalue weighted by atomic mass is 10.1. The van der Waals surface area contributed by atoms with E-state index in [1.54, 1.807) is 0 Å². The van der Waals surface area contributed by atoms with Crippen molar-refractivity contribution in [1.82, 2.24) is 15.1 Å². The van der Waals surface area contributed by atoms with E-state index in [4.69, 9.17) is 9.47 Å². The summed E-state index contributed by atoms with van der Waals surface area (Å²) < 4.78 is 12.8. The van der Waals surface area contributed by atoms with Crippen molar-refractivity contribution in [3.63, 3.8) is 0 Å². The standard InChI is InChI=1S/C18H23N3O3/c1-2-23-13-17(22)19-10-16-18-15(8-9-24-16)12-21(20-18)11-14-6-4-3-5-7-14/h3-7,12,16H,2,8-11,13H2,1H3,(H,19,22)/t16-/m0/s1. The van der Waals surface area contributed by atoms with Crippen LogP contribution >= 0.6 is 0 Å². The van der Waals surface area contributed by atoms with E-state index in [1.807, 2.05) is 29.8 Å². The molecule has 1 aliphatic rings. The zero-order valence-electron chi connectivity index (χ0n) is 13.9. The molecule has 1 aromatic heterocycles. The van der Waals surface area contributed by atoms with Crippen LogP contribution in [0.15, 0.2) is 36.5 Å². The van der Waals surface area contributed by atoms with E-state index in [-0.39, 0.29) is 18.6 Å². The molecule has 0 spiro atoms. The van der Waals surface area contributed by atoms with Crippen LogP contribution in [0.2, 0.25) is 0 Å². The number of fused-ring (bicyclic) bond motifs is 1. The number of ether oxygens (including phenoxy) is 2. The molecular formula is C18H23N3O3. The number of hydrogen-bond donors (Lipinski definition) is 1. The molecular weight excluding hydrogens is 306 g/mol. The number of carbonyl (C=O) groups excluding carboxylic acids is 1. The third-order valence-electron chi connectivity index (χ3n) is 3.97. The number of hydrogen-bond acceptors (Lipinski definition) is 4. The van der Waals surface area contributed by atoms with Crippen LogP contribution in [0, 0.1) is 0 Å². The second kappa shape index (κ2) is 8.08. The molecule has 24 heavy (non-hydrogen) atoms. The molecule has 128 valence electrons. The summed E-state index contributed by atoms with van der Waals surface area (Å²) >= 11 is 0. The maximum absolute atomic E-state index is 11.7. The highest BCUT2D eigenvalue weighted by molar-refractivity contribution is 5.77. The molecule has 0 aliphatic carbocycles. The smallest absolute Gasteiger partial charge is 0.246 e. The predicted molar refractivity (Wildman–Crippen MR) is 89.7 cm³/mol. The van der Waals surface area contributed by atoms with Crippen molar-refractivity contribution < 1.29 is 14.3 Å². The van der Waals surface area contributed by atoms with E-state index in [0.29, 0.717) is 19.8 Å². The molecule has 1 N–H and O–H groups in total. The van der Waals surface area contributed by atoms with Gasteiger partial charge in [-0.3, -0.25) is 9.48 Å². The normalized spacial score (nSPS) is 16.6. The van der Waals surface area contributed by atoms with Gasteiger partial charge in [-0.25, -0.2) is 0 Å². The second-order valence-electron chi connectivity index (χ2n) is 5.77. The Morgan fingerprint density at radius 3 is 3.04 bits per heavy atom. The Hall–Kier alpha value is -2.18. The van der Waals surface area contributed by atoms with Crippen LogP contribution in [0.4, 0.5) is 0 Å². The average molecular weight is 329 g/mol. The summed E-state index contributed by atoms with van der Waals surface area (Å²) in [4.78, 5) is 11.7. The van der Waals surface area contributed by atoms with Crippen LogP contribution in [0.3, 0.4) is 0 Å². The van der Waals surface area contributed by atoms with E-state index in [2.05, 4.69) is 28.7 Å². The molecule has 1 aliphatic heterocycles. The number of nitrogens with one attached hydrogen (secondary N) is 1. The Morgan fingerprint density at radius 1 is 1.42 bits per heavy atom. The van der Waals surface area contributed by atoms with Crippen LogP contribution in [-0.2, 0) is 27.2 Å². The van der Waals surface area contributed by atoms with Gasteiger partial charge in [-0.15, -0.1) is 0 Å². The highest BCUT2D eigenvalue weighted by atomic mass is 16.5. The van der Waals surface area contributed by atoms with Gasteiger partial charge in [0.2, 0.25) is 5.91 Å². The van der Waals surface area contributed by atoms with Crippen molar-refractivity contribution in [3.8, 4) is 0 Å². The van der Waals surface area contributed by atoms with Gasteiger partial charge < -0.3 is 14.8 Å². The Kier molecular flexibility index (Phi) is 5.61. The fraction of sp³-hybridized carbons (Fsp3) is 0.444. The number of benzene rings is 1. The van der Waals surface area contributed by atoms with Crippen LogP contribution in [0.1, 0.15) is 29.8 Å². The summed E-state index contributed by atoms with van der Waals surface area (Å²) in [7, 11) is 0. The van der Waals surface area contributed by atoms with E-state index in [1.165, 1.54) is 11.1 Å². The Labute approximate surface area is 141 Å². The Bertz CT molecular complexity index is 669. The summed E-state index contributed by atoms with van der Waals surface area (Å²) in [6.07, 6.45) is 2.74. The number of aromatic nitrogens is 2. The molecule has 0 radical (unpaired) electrons. The number of rotatable bonds is 7. The van der Waals surface area contributed by atoms with E-state index in [9.17, 15) is 4.79 Å².